The number of benzene rings is 1. The Bertz CT molecular complexity index is 481. The molecule has 0 saturated carbocycles. The summed E-state index contributed by atoms with van der Waals surface area (Å²) in [5.41, 5.74) is 0.412. The van der Waals surface area contributed by atoms with Gasteiger partial charge in [-0.1, -0.05) is 27.1 Å². The van der Waals surface area contributed by atoms with Gasteiger partial charge in [0.25, 0.3) is 0 Å². The lowest BCUT2D eigenvalue weighted by Crippen LogP contribution is -2.00. The van der Waals surface area contributed by atoms with Crippen LogP contribution in [0.1, 0.15) is 5.56 Å². The van der Waals surface area contributed by atoms with E-state index in [0.717, 1.165) is 0 Å². The Kier molecular flexibility index (Phi) is 3.09. The summed E-state index contributed by atoms with van der Waals surface area (Å²) in [4.78, 5) is 0.631. The Morgan fingerprint density at radius 2 is 2.25 bits per heavy atom. The zero-order valence-corrected chi connectivity index (χ0v) is 9.69. The number of hydrogen-bond donors (Lipinski definition) is 1. The molecule has 84 valence electrons. The summed E-state index contributed by atoms with van der Waals surface area (Å²) < 4.78 is 19.2. The van der Waals surface area contributed by atoms with Gasteiger partial charge in [0.2, 0.25) is 5.88 Å². The quantitative estimate of drug-likeness (QED) is 0.883. The molecule has 0 spiro atoms. The topological polar surface area (TPSA) is 47.3 Å². The number of aromatic nitrogens is 2. The molecule has 6 heteroatoms. The fourth-order valence-electron chi connectivity index (χ4n) is 1.19. The summed E-state index contributed by atoms with van der Waals surface area (Å²) in [5.74, 6) is -0.115. The smallest absolute Gasteiger partial charge is 0.236 e. The van der Waals surface area contributed by atoms with Gasteiger partial charge in [0.05, 0.1) is 6.20 Å². The number of nitrogens with zero attached hydrogens (tertiary/aromatic N) is 2. The Hall–Kier alpha value is -1.56. The van der Waals surface area contributed by atoms with E-state index in [2.05, 4.69) is 21.0 Å². The van der Waals surface area contributed by atoms with E-state index >= 15 is 0 Å². The molecule has 0 bridgehead atoms. The van der Waals surface area contributed by atoms with Crippen molar-refractivity contribution in [2.45, 2.75) is 6.61 Å². The van der Waals surface area contributed by atoms with Crippen molar-refractivity contribution in [3.8, 4) is 5.88 Å². The van der Waals surface area contributed by atoms with E-state index in [1.807, 2.05) is 0 Å². The Balaban J connectivity index is 2.10. The average molecular weight is 287 g/mol. The lowest BCUT2D eigenvalue weighted by Gasteiger charge is -2.06. The number of ether oxygens (including phenoxy) is 1. The Labute approximate surface area is 99.4 Å². The van der Waals surface area contributed by atoms with Crippen molar-refractivity contribution in [1.29, 1.82) is 0 Å². The molecular weight excluding hydrogens is 279 g/mol. The van der Waals surface area contributed by atoms with Crippen LogP contribution in [0.25, 0.3) is 0 Å². The van der Waals surface area contributed by atoms with Crippen molar-refractivity contribution in [3.63, 3.8) is 0 Å². The molecule has 0 aliphatic rings. The van der Waals surface area contributed by atoms with E-state index in [9.17, 15) is 4.39 Å². The maximum Gasteiger partial charge on any atom is 0.236 e. The van der Waals surface area contributed by atoms with Crippen molar-refractivity contribution in [2.24, 2.45) is 0 Å². The number of rotatable bonds is 3. The fraction of sp³-hybridized carbons (Fsp3) is 0.100. The minimum absolute atomic E-state index is 0.0459. The molecule has 2 rings (SSSR count). The van der Waals surface area contributed by atoms with E-state index in [1.165, 1.54) is 18.3 Å². The number of halogens is 2. The second-order valence-corrected chi connectivity index (χ2v) is 3.92. The van der Waals surface area contributed by atoms with Crippen molar-refractivity contribution in [2.75, 3.05) is 0 Å². The first-order valence-electron chi connectivity index (χ1n) is 4.47. The summed E-state index contributed by atoms with van der Waals surface area (Å²) in [6, 6.07) is 6.17. The van der Waals surface area contributed by atoms with Crippen molar-refractivity contribution < 1.29 is 14.3 Å². The predicted molar refractivity (Wildman–Crippen MR) is 57.8 cm³/mol. The van der Waals surface area contributed by atoms with Gasteiger partial charge in [0.15, 0.2) is 0 Å². The van der Waals surface area contributed by atoms with E-state index in [4.69, 9.17) is 9.94 Å². The molecule has 4 nitrogen and oxygen atoms in total. The first kappa shape index (κ1) is 10.9. The third kappa shape index (κ3) is 2.33. The molecule has 1 aromatic carbocycles. The van der Waals surface area contributed by atoms with E-state index in [-0.39, 0.29) is 18.3 Å². The zero-order chi connectivity index (χ0) is 11.5. The molecule has 1 heterocycles. The van der Waals surface area contributed by atoms with Gasteiger partial charge in [-0.05, 0) is 12.1 Å². The average Bonchev–Trinajstić information content (AvgIpc) is 2.63. The normalized spacial score (nSPS) is 10.4. The number of hydrogen-bond acceptors (Lipinski definition) is 3. The van der Waals surface area contributed by atoms with Crippen LogP contribution >= 0.6 is 15.9 Å². The molecule has 2 aromatic rings. The SMILES string of the molecule is On1ccc(OCc2c(F)cccc2Br)n1. The van der Waals surface area contributed by atoms with Gasteiger partial charge in [-0.15, -0.1) is 4.85 Å². The van der Waals surface area contributed by atoms with E-state index in [0.29, 0.717) is 14.9 Å². The molecule has 0 fully saturated rings. The van der Waals surface area contributed by atoms with Crippen LogP contribution in [0, 0.1) is 5.82 Å². The summed E-state index contributed by atoms with van der Waals surface area (Å²) in [5, 5.41) is 12.5. The van der Waals surface area contributed by atoms with Crippen LogP contribution in [-0.4, -0.2) is 15.2 Å². The molecule has 16 heavy (non-hydrogen) atoms. The second-order valence-electron chi connectivity index (χ2n) is 3.06. The minimum atomic E-state index is -0.349. The molecule has 1 N–H and O–H groups in total. The van der Waals surface area contributed by atoms with Crippen molar-refractivity contribution in [3.05, 3.63) is 46.3 Å². The van der Waals surface area contributed by atoms with Gasteiger partial charge in [-0.25, -0.2) is 4.39 Å². The largest absolute Gasteiger partial charge is 0.471 e. The lowest BCUT2D eigenvalue weighted by molar-refractivity contribution is 0.141. The van der Waals surface area contributed by atoms with E-state index in [1.54, 1.807) is 12.1 Å². The fourth-order valence-corrected chi connectivity index (χ4v) is 1.65. The molecule has 0 saturated heterocycles. The molecule has 0 radical (unpaired) electrons. The highest BCUT2D eigenvalue weighted by atomic mass is 79.9. The highest BCUT2D eigenvalue weighted by Crippen LogP contribution is 2.21. The zero-order valence-electron chi connectivity index (χ0n) is 8.10. The van der Waals surface area contributed by atoms with Crippen LogP contribution < -0.4 is 4.74 Å². The van der Waals surface area contributed by atoms with Crippen LogP contribution in [0.4, 0.5) is 4.39 Å². The third-order valence-corrected chi connectivity index (χ3v) is 2.72. The summed E-state index contributed by atoms with van der Waals surface area (Å²) in [7, 11) is 0. The van der Waals surface area contributed by atoms with Gasteiger partial charge in [-0.3, -0.25) is 0 Å². The van der Waals surface area contributed by atoms with Crippen LogP contribution in [0.3, 0.4) is 0 Å². The standard InChI is InChI=1S/C10H8BrFN2O2/c11-8-2-1-3-9(12)7(8)6-16-10-4-5-14(15)13-10/h1-5,15H,6H2. The molecule has 0 atom stereocenters. The highest BCUT2D eigenvalue weighted by Gasteiger charge is 2.08. The van der Waals surface area contributed by atoms with Crippen LogP contribution in [0.2, 0.25) is 0 Å². The van der Waals surface area contributed by atoms with Gasteiger partial charge >= 0.3 is 0 Å². The molecule has 0 aliphatic carbocycles. The molecule has 0 aliphatic heterocycles. The molecule has 0 unspecified atom stereocenters. The van der Waals surface area contributed by atoms with Crippen LogP contribution in [0.15, 0.2) is 34.9 Å². The minimum Gasteiger partial charge on any atom is -0.471 e. The monoisotopic (exact) mass is 286 g/mol. The maximum atomic E-state index is 13.4. The second kappa shape index (κ2) is 4.52. The van der Waals surface area contributed by atoms with Gasteiger partial charge in [0, 0.05) is 16.1 Å². The molecule has 1 aromatic heterocycles. The van der Waals surface area contributed by atoms with Gasteiger partial charge < -0.3 is 9.94 Å². The maximum absolute atomic E-state index is 13.4. The first-order valence-corrected chi connectivity index (χ1v) is 5.27. The summed E-state index contributed by atoms with van der Waals surface area (Å²) >= 11 is 3.23. The van der Waals surface area contributed by atoms with E-state index < -0.39 is 0 Å². The van der Waals surface area contributed by atoms with Crippen LogP contribution in [0.5, 0.6) is 5.88 Å². The highest BCUT2D eigenvalue weighted by molar-refractivity contribution is 9.10. The third-order valence-electron chi connectivity index (χ3n) is 1.98. The van der Waals surface area contributed by atoms with Crippen molar-refractivity contribution >= 4 is 15.9 Å². The summed E-state index contributed by atoms with van der Waals surface area (Å²) in [6.45, 7) is 0.0459. The van der Waals surface area contributed by atoms with Crippen molar-refractivity contribution in [1.82, 2.24) is 9.94 Å². The first-order chi connectivity index (χ1) is 7.66. The Morgan fingerprint density at radius 1 is 1.44 bits per heavy atom. The van der Waals surface area contributed by atoms with Gasteiger partial charge in [0.1, 0.15) is 12.4 Å². The van der Waals surface area contributed by atoms with Gasteiger partial charge in [-0.2, -0.15) is 0 Å². The van der Waals surface area contributed by atoms with Crippen LogP contribution in [-0.2, 0) is 6.61 Å². The predicted octanol–water partition coefficient (Wildman–Crippen LogP) is 2.60. The Morgan fingerprint density at radius 3 is 2.88 bits per heavy atom. The molecular formula is C10H8BrFN2O2. The lowest BCUT2D eigenvalue weighted by atomic mass is 10.2. The molecule has 0 amide bonds. The summed E-state index contributed by atoms with van der Waals surface area (Å²) in [6.07, 6.45) is 1.33.